The van der Waals surface area contributed by atoms with Crippen molar-refractivity contribution >= 4 is 33.4 Å². The van der Waals surface area contributed by atoms with Gasteiger partial charge in [0.05, 0.1) is 18.7 Å². The van der Waals surface area contributed by atoms with E-state index < -0.39 is 6.04 Å². The predicted octanol–water partition coefficient (Wildman–Crippen LogP) is 4.09. The highest BCUT2D eigenvalue weighted by Crippen LogP contribution is 2.35. The summed E-state index contributed by atoms with van der Waals surface area (Å²) in [5, 5.41) is 8.85. The van der Waals surface area contributed by atoms with Crippen LogP contribution in [0.5, 0.6) is 5.75 Å². The molecule has 4 aromatic rings. The van der Waals surface area contributed by atoms with Gasteiger partial charge in [0.2, 0.25) is 5.91 Å². The van der Waals surface area contributed by atoms with Crippen LogP contribution in [0.3, 0.4) is 0 Å². The number of carbonyl (C=O) groups excluding carboxylic acids is 1. The second kappa shape index (κ2) is 10.4. The number of fused-ring (bicyclic) bond motifs is 3. The number of nitrogens with two attached hydrogens (primary N) is 1. The number of ether oxygens (including phenoxy) is 1. The van der Waals surface area contributed by atoms with Gasteiger partial charge < -0.3 is 26.1 Å². The van der Waals surface area contributed by atoms with Crippen LogP contribution in [0, 0.1) is 0 Å². The predicted molar refractivity (Wildman–Crippen MR) is 141 cm³/mol. The van der Waals surface area contributed by atoms with Crippen molar-refractivity contribution in [2.24, 2.45) is 5.73 Å². The maximum absolute atomic E-state index is 12.6. The molecular formula is C28H33N5O2. The van der Waals surface area contributed by atoms with Crippen LogP contribution >= 0.6 is 0 Å². The highest BCUT2D eigenvalue weighted by molar-refractivity contribution is 5.94. The first kappa shape index (κ1) is 23.2. The van der Waals surface area contributed by atoms with E-state index in [0.717, 1.165) is 64.6 Å². The number of H-pyrrole nitrogens is 1. The maximum Gasteiger partial charge on any atom is 0.237 e. The van der Waals surface area contributed by atoms with Gasteiger partial charge in [-0.1, -0.05) is 18.2 Å². The topological polar surface area (TPSA) is 105 Å². The summed E-state index contributed by atoms with van der Waals surface area (Å²) in [4.78, 5) is 20.7. The number of pyridine rings is 1. The van der Waals surface area contributed by atoms with Crippen LogP contribution in [-0.2, 0) is 24.1 Å². The van der Waals surface area contributed by atoms with Gasteiger partial charge >= 0.3 is 0 Å². The number of hydrogen-bond acceptors (Lipinski definition) is 5. The van der Waals surface area contributed by atoms with Crippen molar-refractivity contribution in [1.29, 1.82) is 0 Å². The van der Waals surface area contributed by atoms with Crippen molar-refractivity contribution < 1.29 is 9.53 Å². The molecule has 7 nitrogen and oxygen atoms in total. The minimum atomic E-state index is -0.578. The Morgan fingerprint density at radius 2 is 2.00 bits per heavy atom. The summed E-state index contributed by atoms with van der Waals surface area (Å²) in [6.07, 6.45) is 7.68. The fraction of sp³-hybridized carbons (Fsp3) is 0.357. The molecule has 5 rings (SSSR count). The van der Waals surface area contributed by atoms with Gasteiger partial charge in [-0.25, -0.2) is 0 Å². The van der Waals surface area contributed by atoms with Crippen LogP contribution in [0.4, 0.5) is 5.69 Å². The number of anilines is 1. The average Bonchev–Trinajstić information content (AvgIpc) is 3.30. The van der Waals surface area contributed by atoms with E-state index in [0.29, 0.717) is 13.0 Å². The molecule has 5 N–H and O–H groups in total. The van der Waals surface area contributed by atoms with Crippen LogP contribution in [-0.4, -0.2) is 42.1 Å². The Kier molecular flexibility index (Phi) is 6.86. The van der Waals surface area contributed by atoms with Gasteiger partial charge in [0.25, 0.3) is 0 Å². The Morgan fingerprint density at radius 3 is 2.89 bits per heavy atom. The summed E-state index contributed by atoms with van der Waals surface area (Å²) >= 11 is 0. The summed E-state index contributed by atoms with van der Waals surface area (Å²) in [5.74, 6) is 0.710. The van der Waals surface area contributed by atoms with Crippen LogP contribution in [0.2, 0.25) is 0 Å². The summed E-state index contributed by atoms with van der Waals surface area (Å²) in [7, 11) is 1.69. The molecule has 7 heteroatoms. The van der Waals surface area contributed by atoms with E-state index in [1.807, 2.05) is 36.5 Å². The van der Waals surface area contributed by atoms with Gasteiger partial charge in [-0.15, -0.1) is 0 Å². The first-order valence-electron chi connectivity index (χ1n) is 12.5. The van der Waals surface area contributed by atoms with Crippen molar-refractivity contribution in [1.82, 2.24) is 15.3 Å². The van der Waals surface area contributed by atoms with Gasteiger partial charge in [0, 0.05) is 47.0 Å². The molecule has 0 spiro atoms. The smallest absolute Gasteiger partial charge is 0.237 e. The number of benzene rings is 2. The maximum atomic E-state index is 12.6. The molecule has 1 aliphatic rings. The number of para-hydroxylation sites is 1. The summed E-state index contributed by atoms with van der Waals surface area (Å²) in [6.45, 7) is 1.32. The van der Waals surface area contributed by atoms with Crippen LogP contribution in [0.15, 0.2) is 48.7 Å². The van der Waals surface area contributed by atoms with Crippen LogP contribution in [0.1, 0.15) is 36.1 Å². The third kappa shape index (κ3) is 4.95. The number of nitrogens with one attached hydrogen (secondary N) is 3. The number of rotatable bonds is 9. The number of hydrogen-bond donors (Lipinski definition) is 4. The molecule has 0 fully saturated rings. The quantitative estimate of drug-likeness (QED) is 0.275. The zero-order valence-corrected chi connectivity index (χ0v) is 20.2. The summed E-state index contributed by atoms with van der Waals surface area (Å²) < 4.78 is 5.46. The molecule has 1 aliphatic carbocycles. The van der Waals surface area contributed by atoms with Gasteiger partial charge in [0.15, 0.2) is 0 Å². The average molecular weight is 472 g/mol. The Morgan fingerprint density at radius 1 is 1.14 bits per heavy atom. The van der Waals surface area contributed by atoms with E-state index in [4.69, 9.17) is 15.5 Å². The molecule has 0 saturated carbocycles. The second-order valence-corrected chi connectivity index (χ2v) is 9.24. The Balaban J connectivity index is 1.18. The summed E-state index contributed by atoms with van der Waals surface area (Å²) in [5.41, 5.74) is 13.0. The second-order valence-electron chi connectivity index (χ2n) is 9.24. The lowest BCUT2D eigenvalue weighted by molar-refractivity contribution is -0.122. The molecule has 0 radical (unpaired) electrons. The molecule has 2 heterocycles. The van der Waals surface area contributed by atoms with E-state index in [2.05, 4.69) is 27.8 Å². The van der Waals surface area contributed by atoms with E-state index >= 15 is 0 Å². The van der Waals surface area contributed by atoms with Crippen LogP contribution in [0.25, 0.3) is 21.8 Å². The summed E-state index contributed by atoms with van der Waals surface area (Å²) in [6, 6.07) is 13.5. The van der Waals surface area contributed by atoms with Crippen LogP contribution < -0.4 is 21.1 Å². The highest BCUT2D eigenvalue weighted by Gasteiger charge is 2.19. The number of carbonyl (C=O) groups is 1. The fourth-order valence-corrected chi connectivity index (χ4v) is 5.01. The minimum Gasteiger partial charge on any atom is -0.497 e. The molecule has 1 atom stereocenters. The Hall–Kier alpha value is -3.58. The van der Waals surface area contributed by atoms with Crippen molar-refractivity contribution in [3.05, 3.63) is 65.5 Å². The fourth-order valence-electron chi connectivity index (χ4n) is 5.01. The third-order valence-corrected chi connectivity index (χ3v) is 6.88. The molecule has 2 aromatic heterocycles. The lowest BCUT2D eigenvalue weighted by Gasteiger charge is -2.22. The van der Waals surface area contributed by atoms with E-state index in [9.17, 15) is 4.79 Å². The largest absolute Gasteiger partial charge is 0.497 e. The van der Waals surface area contributed by atoms with Crippen molar-refractivity contribution in [3.63, 3.8) is 0 Å². The van der Waals surface area contributed by atoms with Gasteiger partial charge in [-0.05, 0) is 73.9 Å². The first-order chi connectivity index (χ1) is 17.1. The molecule has 2 aromatic carbocycles. The normalized spacial score (nSPS) is 14.0. The molecule has 0 bridgehead atoms. The molecule has 0 aliphatic heterocycles. The molecule has 1 amide bonds. The number of aryl methyl sites for hydroxylation is 1. The van der Waals surface area contributed by atoms with Gasteiger partial charge in [-0.3, -0.25) is 9.78 Å². The zero-order chi connectivity index (χ0) is 24.2. The monoisotopic (exact) mass is 471 g/mol. The minimum absolute atomic E-state index is 0.119. The molecule has 0 unspecified atom stereocenters. The highest BCUT2D eigenvalue weighted by atomic mass is 16.5. The Bertz CT molecular complexity index is 1350. The van der Waals surface area contributed by atoms with Gasteiger partial charge in [-0.2, -0.15) is 0 Å². The lowest BCUT2D eigenvalue weighted by atomic mass is 9.92. The van der Waals surface area contributed by atoms with Crippen molar-refractivity contribution in [2.75, 3.05) is 25.5 Å². The van der Waals surface area contributed by atoms with Gasteiger partial charge in [0.1, 0.15) is 5.75 Å². The first-order valence-corrected chi connectivity index (χ1v) is 12.5. The number of aromatic amines is 1. The standard InChI is InChI=1S/C28H33N5O2/c1-35-19-11-12-26-22(16-19)27(21-8-3-5-10-25(21)33-26)30-13-6-14-31-28(34)23(29)15-18-17-32-24-9-4-2-7-20(18)24/h2,4,7,9,11-12,16-17,23,32H,3,5-6,8,10,13-15,29H2,1H3,(H,30,33)(H,31,34)/t23-/m0/s1. The SMILES string of the molecule is COc1ccc2nc3c(c(NCCCNC(=O)[C@@H](N)Cc4c[nH]c5ccccc45)c2c1)CCCC3. The molecule has 35 heavy (non-hydrogen) atoms. The van der Waals surface area contributed by atoms with E-state index in [1.54, 1.807) is 7.11 Å². The number of nitrogens with zero attached hydrogens (tertiary/aromatic N) is 1. The van der Waals surface area contributed by atoms with Crippen molar-refractivity contribution in [2.45, 2.75) is 44.6 Å². The van der Waals surface area contributed by atoms with E-state index in [-0.39, 0.29) is 5.91 Å². The molecular weight excluding hydrogens is 438 g/mol. The van der Waals surface area contributed by atoms with E-state index in [1.165, 1.54) is 24.1 Å². The number of amides is 1. The lowest BCUT2D eigenvalue weighted by Crippen LogP contribution is -2.42. The molecule has 182 valence electrons. The van der Waals surface area contributed by atoms with Crippen molar-refractivity contribution in [3.8, 4) is 5.75 Å². The number of aromatic nitrogens is 2. The Labute approximate surface area is 205 Å². The zero-order valence-electron chi connectivity index (χ0n) is 20.2. The number of methoxy groups -OCH3 is 1. The third-order valence-electron chi connectivity index (χ3n) is 6.88. The molecule has 0 saturated heterocycles.